The molecule has 0 saturated heterocycles. The standard InChI is InChI=1S/C15H11Br3N2O/c16-10-7-12(17)15(13(18)8-10)20-14(21)6-3-9-1-4-11(19)5-2-9/h1-8H,19H2,(H,20,21)/b6-3+. The van der Waals surface area contributed by atoms with Crippen molar-refractivity contribution in [2.75, 3.05) is 11.1 Å². The van der Waals surface area contributed by atoms with E-state index < -0.39 is 0 Å². The number of carbonyl (C=O) groups excluding carboxylic acids is 1. The van der Waals surface area contributed by atoms with Crippen LogP contribution < -0.4 is 11.1 Å². The molecule has 0 unspecified atom stereocenters. The molecule has 2 rings (SSSR count). The minimum Gasteiger partial charge on any atom is -0.399 e. The Morgan fingerprint density at radius 2 is 1.62 bits per heavy atom. The van der Waals surface area contributed by atoms with Gasteiger partial charge in [0.25, 0.3) is 0 Å². The fourth-order valence-corrected chi connectivity index (χ4v) is 4.06. The lowest BCUT2D eigenvalue weighted by Gasteiger charge is -2.08. The van der Waals surface area contributed by atoms with Crippen LogP contribution in [-0.2, 0) is 4.79 Å². The van der Waals surface area contributed by atoms with Gasteiger partial charge in [0, 0.05) is 25.2 Å². The van der Waals surface area contributed by atoms with E-state index in [4.69, 9.17) is 5.73 Å². The maximum absolute atomic E-state index is 12.0. The molecule has 0 heterocycles. The average Bonchev–Trinajstić information content (AvgIpc) is 2.42. The van der Waals surface area contributed by atoms with Crippen molar-refractivity contribution in [3.63, 3.8) is 0 Å². The van der Waals surface area contributed by atoms with Crippen LogP contribution >= 0.6 is 47.8 Å². The molecule has 6 heteroatoms. The van der Waals surface area contributed by atoms with E-state index in [2.05, 4.69) is 53.1 Å². The Morgan fingerprint density at radius 3 is 2.19 bits per heavy atom. The van der Waals surface area contributed by atoms with Crippen LogP contribution in [0.2, 0.25) is 0 Å². The van der Waals surface area contributed by atoms with Gasteiger partial charge in [-0.1, -0.05) is 28.1 Å². The van der Waals surface area contributed by atoms with E-state index in [0.717, 1.165) is 19.0 Å². The second kappa shape index (κ2) is 7.24. The fourth-order valence-electron chi connectivity index (χ4n) is 1.61. The van der Waals surface area contributed by atoms with Gasteiger partial charge in [-0.05, 0) is 67.8 Å². The lowest BCUT2D eigenvalue weighted by molar-refractivity contribution is -0.111. The van der Waals surface area contributed by atoms with Gasteiger partial charge in [0.2, 0.25) is 5.91 Å². The first-order valence-electron chi connectivity index (χ1n) is 5.95. The molecule has 0 radical (unpaired) electrons. The van der Waals surface area contributed by atoms with Crippen molar-refractivity contribution in [3.05, 3.63) is 61.5 Å². The van der Waals surface area contributed by atoms with Gasteiger partial charge in [-0.3, -0.25) is 4.79 Å². The van der Waals surface area contributed by atoms with Gasteiger partial charge >= 0.3 is 0 Å². The van der Waals surface area contributed by atoms with Gasteiger partial charge in [-0.15, -0.1) is 0 Å². The average molecular weight is 475 g/mol. The zero-order chi connectivity index (χ0) is 15.4. The SMILES string of the molecule is Nc1ccc(/C=C/C(=O)Nc2c(Br)cc(Br)cc2Br)cc1. The molecule has 2 aromatic carbocycles. The Morgan fingerprint density at radius 1 is 1.05 bits per heavy atom. The number of nitrogen functional groups attached to an aromatic ring is 1. The summed E-state index contributed by atoms with van der Waals surface area (Å²) in [4.78, 5) is 12.0. The van der Waals surface area contributed by atoms with E-state index in [1.54, 1.807) is 18.2 Å². The summed E-state index contributed by atoms with van der Waals surface area (Å²) in [6, 6.07) is 11.0. The Bertz CT molecular complexity index is 674. The molecule has 108 valence electrons. The second-order valence-electron chi connectivity index (χ2n) is 4.23. The van der Waals surface area contributed by atoms with Crippen molar-refractivity contribution in [3.8, 4) is 0 Å². The number of nitrogens with one attached hydrogen (secondary N) is 1. The summed E-state index contributed by atoms with van der Waals surface area (Å²) in [6.45, 7) is 0. The molecule has 3 nitrogen and oxygen atoms in total. The van der Waals surface area contributed by atoms with Gasteiger partial charge in [0.05, 0.1) is 5.69 Å². The van der Waals surface area contributed by atoms with Crippen molar-refractivity contribution < 1.29 is 4.79 Å². The summed E-state index contributed by atoms with van der Waals surface area (Å²) in [7, 11) is 0. The van der Waals surface area contributed by atoms with Crippen molar-refractivity contribution >= 4 is 71.1 Å². The van der Waals surface area contributed by atoms with Gasteiger partial charge in [-0.25, -0.2) is 0 Å². The van der Waals surface area contributed by atoms with E-state index in [9.17, 15) is 4.79 Å². The maximum atomic E-state index is 12.0. The zero-order valence-electron chi connectivity index (χ0n) is 10.7. The zero-order valence-corrected chi connectivity index (χ0v) is 15.5. The van der Waals surface area contributed by atoms with E-state index in [0.29, 0.717) is 11.4 Å². The lowest BCUT2D eigenvalue weighted by atomic mass is 10.2. The molecule has 2 aromatic rings. The molecule has 1 amide bonds. The van der Waals surface area contributed by atoms with Crippen LogP contribution in [0.1, 0.15) is 5.56 Å². The topological polar surface area (TPSA) is 55.1 Å². The lowest BCUT2D eigenvalue weighted by Crippen LogP contribution is -2.08. The number of hydrogen-bond donors (Lipinski definition) is 2. The number of hydrogen-bond acceptors (Lipinski definition) is 2. The number of anilines is 2. The number of halogens is 3. The van der Waals surface area contributed by atoms with Crippen LogP contribution in [0.3, 0.4) is 0 Å². The number of carbonyl (C=O) groups is 1. The van der Waals surface area contributed by atoms with Crippen LogP contribution in [0.5, 0.6) is 0 Å². The van der Waals surface area contributed by atoms with Gasteiger partial charge in [-0.2, -0.15) is 0 Å². The van der Waals surface area contributed by atoms with Gasteiger partial charge in [0.15, 0.2) is 0 Å². The van der Waals surface area contributed by atoms with Crippen LogP contribution in [0.4, 0.5) is 11.4 Å². The Labute approximate surface area is 148 Å². The van der Waals surface area contributed by atoms with E-state index in [-0.39, 0.29) is 5.91 Å². The summed E-state index contributed by atoms with van der Waals surface area (Å²) in [5.41, 5.74) is 7.90. The third kappa shape index (κ3) is 4.69. The van der Waals surface area contributed by atoms with Crippen LogP contribution in [0, 0.1) is 0 Å². The number of nitrogens with two attached hydrogens (primary N) is 1. The Balaban J connectivity index is 2.10. The first-order valence-corrected chi connectivity index (χ1v) is 8.33. The quantitative estimate of drug-likeness (QED) is 0.474. The molecule has 21 heavy (non-hydrogen) atoms. The molecule has 3 N–H and O–H groups in total. The molecule has 0 aliphatic carbocycles. The molecule has 0 fully saturated rings. The van der Waals surface area contributed by atoms with Crippen LogP contribution in [-0.4, -0.2) is 5.91 Å². The number of benzene rings is 2. The van der Waals surface area contributed by atoms with E-state index >= 15 is 0 Å². The number of amides is 1. The molecule has 0 saturated carbocycles. The van der Waals surface area contributed by atoms with E-state index in [1.165, 1.54) is 6.08 Å². The smallest absolute Gasteiger partial charge is 0.248 e. The predicted octanol–water partition coefficient (Wildman–Crippen LogP) is 5.21. The van der Waals surface area contributed by atoms with Crippen molar-refractivity contribution in [1.29, 1.82) is 0 Å². The van der Waals surface area contributed by atoms with Gasteiger partial charge in [0.1, 0.15) is 0 Å². The number of rotatable bonds is 3. The van der Waals surface area contributed by atoms with Crippen LogP contribution in [0.15, 0.2) is 55.9 Å². The largest absolute Gasteiger partial charge is 0.399 e. The summed E-state index contributed by atoms with van der Waals surface area (Å²) in [6.07, 6.45) is 3.21. The first-order chi connectivity index (χ1) is 9.95. The molecule has 0 aliphatic rings. The summed E-state index contributed by atoms with van der Waals surface area (Å²) >= 11 is 10.2. The molecular formula is C15H11Br3N2O. The molecule has 0 spiro atoms. The highest BCUT2D eigenvalue weighted by Crippen LogP contribution is 2.34. The minimum atomic E-state index is -0.212. The maximum Gasteiger partial charge on any atom is 0.248 e. The third-order valence-electron chi connectivity index (χ3n) is 2.62. The minimum absolute atomic E-state index is 0.212. The fraction of sp³-hybridized carbons (Fsp3) is 0. The highest BCUT2D eigenvalue weighted by atomic mass is 79.9. The Kier molecular flexibility index (Phi) is 5.61. The highest BCUT2D eigenvalue weighted by molar-refractivity contribution is 9.11. The molecule has 0 aliphatic heterocycles. The van der Waals surface area contributed by atoms with Crippen LogP contribution in [0.25, 0.3) is 6.08 Å². The molecule has 0 bridgehead atoms. The monoisotopic (exact) mass is 472 g/mol. The Hall–Kier alpha value is -1.11. The summed E-state index contributed by atoms with van der Waals surface area (Å²) in [5, 5.41) is 2.82. The molecule has 0 aromatic heterocycles. The predicted molar refractivity (Wildman–Crippen MR) is 98.1 cm³/mol. The van der Waals surface area contributed by atoms with Gasteiger partial charge < -0.3 is 11.1 Å². The van der Waals surface area contributed by atoms with Crippen molar-refractivity contribution in [2.24, 2.45) is 0 Å². The summed E-state index contributed by atoms with van der Waals surface area (Å²) < 4.78 is 2.49. The first kappa shape index (κ1) is 16.3. The second-order valence-corrected chi connectivity index (χ2v) is 6.86. The normalized spacial score (nSPS) is 10.8. The molecule has 0 atom stereocenters. The summed E-state index contributed by atoms with van der Waals surface area (Å²) in [5.74, 6) is -0.212. The highest BCUT2D eigenvalue weighted by Gasteiger charge is 2.08. The van der Waals surface area contributed by atoms with Crippen molar-refractivity contribution in [1.82, 2.24) is 0 Å². The van der Waals surface area contributed by atoms with E-state index in [1.807, 2.05) is 24.3 Å². The third-order valence-corrected chi connectivity index (χ3v) is 4.33. The van der Waals surface area contributed by atoms with Crippen molar-refractivity contribution in [2.45, 2.75) is 0 Å². The molecular weight excluding hydrogens is 464 g/mol.